The minimum absolute atomic E-state index is 0.00861. The molecule has 0 aromatic heterocycles. The van der Waals surface area contributed by atoms with Gasteiger partial charge in [0, 0.05) is 0 Å². The summed E-state index contributed by atoms with van der Waals surface area (Å²) in [5.41, 5.74) is 2.11. The summed E-state index contributed by atoms with van der Waals surface area (Å²) in [4.78, 5) is 0. The van der Waals surface area contributed by atoms with Crippen molar-refractivity contribution in [2.45, 2.75) is 171 Å². The van der Waals surface area contributed by atoms with Crippen molar-refractivity contribution >= 4 is 16.6 Å². The average molecular weight is 589 g/mol. The monoisotopic (exact) mass is 588 g/mol. The van der Waals surface area contributed by atoms with E-state index in [2.05, 4.69) is 94.7 Å². The molecule has 5 aliphatic rings. The predicted molar refractivity (Wildman–Crippen MR) is 177 cm³/mol. The van der Waals surface area contributed by atoms with E-state index in [1.807, 2.05) is 0 Å². The molecular weight excluding hydrogens is 521 g/mol. The Morgan fingerprint density at radius 2 is 1.27 bits per heavy atom. The fourth-order valence-electron chi connectivity index (χ4n) is 13.2. The molecule has 5 rings (SSSR count). The normalized spacial score (nSPS) is 49.0. The summed E-state index contributed by atoms with van der Waals surface area (Å²) in [6.45, 7) is 35.5. The molecule has 4 unspecified atom stereocenters. The van der Waals surface area contributed by atoms with E-state index < -0.39 is 16.6 Å². The van der Waals surface area contributed by atoms with E-state index in [0.717, 1.165) is 23.7 Å². The van der Waals surface area contributed by atoms with Gasteiger partial charge >= 0.3 is 0 Å². The van der Waals surface area contributed by atoms with Crippen LogP contribution >= 0.6 is 0 Å². The highest BCUT2D eigenvalue weighted by Crippen LogP contribution is 2.77. The Hall–Kier alpha value is 0.354. The van der Waals surface area contributed by atoms with E-state index in [4.69, 9.17) is 8.85 Å². The highest BCUT2D eigenvalue weighted by Gasteiger charge is 2.71. The standard InChI is InChI=1S/C36H68O2Si2/c1-31(2)27-18-22-36(8)28(34(27,6)21-19-29(31)37-39(9,10)11)16-15-26-30-25(32(3,4)38-40(12,13)14)17-20-33(30,5)23-24-35(26,36)7/h25-30H,15-24H2,1-14H3/t25-,26?,27?,28?,29+,30?,33-,34+,35-,36-/m1/s1. The van der Waals surface area contributed by atoms with Crippen LogP contribution < -0.4 is 0 Å². The molecule has 0 saturated heterocycles. The minimum atomic E-state index is -1.62. The molecule has 40 heavy (non-hydrogen) atoms. The molecule has 0 radical (unpaired) electrons. The topological polar surface area (TPSA) is 18.5 Å². The Labute approximate surface area is 252 Å². The van der Waals surface area contributed by atoms with E-state index in [1.165, 1.54) is 64.2 Å². The van der Waals surface area contributed by atoms with Crippen LogP contribution in [-0.4, -0.2) is 28.3 Å². The Morgan fingerprint density at radius 3 is 1.88 bits per heavy atom. The van der Waals surface area contributed by atoms with Gasteiger partial charge in [-0.1, -0.05) is 41.5 Å². The third-order valence-electron chi connectivity index (χ3n) is 14.7. The Balaban J connectivity index is 1.47. The van der Waals surface area contributed by atoms with Gasteiger partial charge in [0.1, 0.15) is 0 Å². The molecule has 0 bridgehead atoms. The van der Waals surface area contributed by atoms with Crippen molar-refractivity contribution in [1.82, 2.24) is 0 Å². The minimum Gasteiger partial charge on any atom is -0.414 e. The molecule has 0 aromatic carbocycles. The highest BCUT2D eigenvalue weighted by molar-refractivity contribution is 6.70. The summed E-state index contributed by atoms with van der Waals surface area (Å²) >= 11 is 0. The second-order valence-corrected chi connectivity index (χ2v) is 28.8. The van der Waals surface area contributed by atoms with Gasteiger partial charge in [0.05, 0.1) is 11.7 Å². The smallest absolute Gasteiger partial charge is 0.184 e. The average Bonchev–Trinajstić information content (AvgIpc) is 3.13. The molecule has 2 nitrogen and oxygen atoms in total. The fourth-order valence-corrected chi connectivity index (χ4v) is 16.2. The van der Waals surface area contributed by atoms with Crippen molar-refractivity contribution in [1.29, 1.82) is 0 Å². The van der Waals surface area contributed by atoms with Crippen molar-refractivity contribution in [3.05, 3.63) is 0 Å². The summed E-state index contributed by atoms with van der Waals surface area (Å²) in [6.07, 6.45) is 14.5. The lowest BCUT2D eigenvalue weighted by Gasteiger charge is -2.73. The first-order chi connectivity index (χ1) is 18.0. The van der Waals surface area contributed by atoms with Crippen molar-refractivity contribution in [2.75, 3.05) is 0 Å². The van der Waals surface area contributed by atoms with Gasteiger partial charge in [-0.2, -0.15) is 0 Å². The molecule has 5 aliphatic carbocycles. The molecule has 232 valence electrons. The lowest BCUT2D eigenvalue weighted by atomic mass is 9.32. The third kappa shape index (κ3) is 4.73. The number of hydrogen-bond donors (Lipinski definition) is 0. The Bertz CT molecular complexity index is 976. The van der Waals surface area contributed by atoms with Crippen LogP contribution in [0.1, 0.15) is 120 Å². The van der Waals surface area contributed by atoms with Gasteiger partial charge in [-0.25, -0.2) is 0 Å². The first kappa shape index (κ1) is 31.8. The van der Waals surface area contributed by atoms with Crippen LogP contribution in [0.15, 0.2) is 0 Å². The quantitative estimate of drug-likeness (QED) is 0.297. The summed E-state index contributed by atoms with van der Waals surface area (Å²) in [6, 6.07) is 0. The fraction of sp³-hybridized carbons (Fsp3) is 1.00. The maximum Gasteiger partial charge on any atom is 0.184 e. The molecule has 0 heterocycles. The molecule has 4 heteroatoms. The van der Waals surface area contributed by atoms with Crippen LogP contribution in [0.25, 0.3) is 0 Å². The molecule has 5 saturated carbocycles. The lowest BCUT2D eigenvalue weighted by molar-refractivity contribution is -0.249. The van der Waals surface area contributed by atoms with Crippen LogP contribution in [-0.2, 0) is 8.85 Å². The first-order valence-electron chi connectivity index (χ1n) is 17.4. The van der Waals surface area contributed by atoms with Crippen LogP contribution in [0, 0.1) is 56.7 Å². The molecule has 0 aromatic rings. The van der Waals surface area contributed by atoms with Gasteiger partial charge in [-0.05, 0) is 174 Å². The molecule has 0 spiro atoms. The lowest BCUT2D eigenvalue weighted by Crippen LogP contribution is -2.67. The Kier molecular flexibility index (Phi) is 7.49. The molecule has 0 N–H and O–H groups in total. The SMILES string of the molecule is CC(C)(O[Si](C)(C)C)[C@@H]1CC[C@]2(C)CC[C@]3(C)C(CCC4[C@@]5(C)CC[C@H](O[Si](C)(C)C)C(C)(C)C5CC[C@]43C)C12. The van der Waals surface area contributed by atoms with Crippen molar-refractivity contribution in [2.24, 2.45) is 56.7 Å². The van der Waals surface area contributed by atoms with E-state index in [9.17, 15) is 0 Å². The van der Waals surface area contributed by atoms with Gasteiger partial charge < -0.3 is 8.85 Å². The zero-order valence-electron chi connectivity index (χ0n) is 29.4. The maximum absolute atomic E-state index is 7.03. The van der Waals surface area contributed by atoms with Gasteiger partial charge in [-0.15, -0.1) is 0 Å². The number of fused-ring (bicyclic) bond motifs is 7. The molecule has 0 aliphatic heterocycles. The van der Waals surface area contributed by atoms with E-state index in [0.29, 0.717) is 33.7 Å². The Morgan fingerprint density at radius 1 is 0.625 bits per heavy atom. The first-order valence-corrected chi connectivity index (χ1v) is 24.2. The third-order valence-corrected chi connectivity index (χ3v) is 16.9. The summed E-state index contributed by atoms with van der Waals surface area (Å²) < 4.78 is 14.0. The van der Waals surface area contributed by atoms with Gasteiger partial charge in [0.25, 0.3) is 0 Å². The predicted octanol–water partition coefficient (Wildman–Crippen LogP) is 10.9. The van der Waals surface area contributed by atoms with Crippen molar-refractivity contribution < 1.29 is 8.85 Å². The van der Waals surface area contributed by atoms with Gasteiger partial charge in [0.2, 0.25) is 0 Å². The van der Waals surface area contributed by atoms with Gasteiger partial charge in [-0.3, -0.25) is 0 Å². The van der Waals surface area contributed by atoms with Gasteiger partial charge in [0.15, 0.2) is 16.6 Å². The molecule has 0 amide bonds. The van der Waals surface area contributed by atoms with E-state index >= 15 is 0 Å². The highest BCUT2D eigenvalue weighted by atomic mass is 28.4. The van der Waals surface area contributed by atoms with Crippen molar-refractivity contribution in [3.63, 3.8) is 0 Å². The van der Waals surface area contributed by atoms with Crippen LogP contribution in [0.5, 0.6) is 0 Å². The molecule has 5 fully saturated rings. The maximum atomic E-state index is 7.03. The van der Waals surface area contributed by atoms with Crippen molar-refractivity contribution in [3.8, 4) is 0 Å². The number of hydrogen-bond acceptors (Lipinski definition) is 2. The zero-order chi connectivity index (χ0) is 29.9. The molecule has 10 atom stereocenters. The summed E-state index contributed by atoms with van der Waals surface area (Å²) in [5, 5.41) is 0. The van der Waals surface area contributed by atoms with Crippen LogP contribution in [0.3, 0.4) is 0 Å². The van der Waals surface area contributed by atoms with Crippen LogP contribution in [0.4, 0.5) is 0 Å². The second-order valence-electron chi connectivity index (χ2n) is 19.9. The summed E-state index contributed by atoms with van der Waals surface area (Å²) in [7, 11) is -3.18. The molecular formula is C36H68O2Si2. The zero-order valence-corrected chi connectivity index (χ0v) is 31.4. The number of rotatable bonds is 5. The van der Waals surface area contributed by atoms with Crippen LogP contribution in [0.2, 0.25) is 39.3 Å². The van der Waals surface area contributed by atoms with E-state index in [-0.39, 0.29) is 11.0 Å². The summed E-state index contributed by atoms with van der Waals surface area (Å²) in [5.74, 6) is 4.00. The van der Waals surface area contributed by atoms with E-state index in [1.54, 1.807) is 0 Å². The second kappa shape index (κ2) is 9.43. The largest absolute Gasteiger partial charge is 0.414 e.